The second-order valence-corrected chi connectivity index (χ2v) is 7.42. The summed E-state index contributed by atoms with van der Waals surface area (Å²) in [6, 6.07) is 0.572. The fourth-order valence-electron chi connectivity index (χ4n) is 2.94. The average molecular weight is 269 g/mol. The lowest BCUT2D eigenvalue weighted by atomic mass is 9.76. The van der Waals surface area contributed by atoms with Crippen molar-refractivity contribution in [2.24, 2.45) is 10.8 Å². The third-order valence-electron chi connectivity index (χ3n) is 4.82. The average Bonchev–Trinajstić information content (AvgIpc) is 2.35. The van der Waals surface area contributed by atoms with E-state index in [2.05, 4.69) is 32.6 Å². The molecule has 1 aliphatic rings. The molecule has 1 atom stereocenters. The normalized spacial score (nSPS) is 22.2. The number of carbonyl (C=O) groups is 1. The maximum absolute atomic E-state index is 11.4. The second-order valence-electron chi connectivity index (χ2n) is 7.42. The van der Waals surface area contributed by atoms with Gasteiger partial charge >= 0.3 is 5.97 Å². The van der Waals surface area contributed by atoms with Crippen LogP contribution in [0.15, 0.2) is 0 Å². The standard InChI is InChI=1S/C16H31NO2/c1-6-16(14(18)19)9-11-17(12-10-16)13(2)7-8-15(3,4)5/h13H,6-12H2,1-5H3,(H,18,19). The van der Waals surface area contributed by atoms with Gasteiger partial charge in [0.25, 0.3) is 0 Å². The van der Waals surface area contributed by atoms with E-state index in [0.717, 1.165) is 32.4 Å². The molecule has 0 aromatic heterocycles. The molecule has 1 saturated heterocycles. The van der Waals surface area contributed by atoms with Crippen molar-refractivity contribution < 1.29 is 9.90 Å². The third kappa shape index (κ3) is 4.48. The van der Waals surface area contributed by atoms with E-state index in [-0.39, 0.29) is 0 Å². The summed E-state index contributed by atoms with van der Waals surface area (Å²) in [4.78, 5) is 13.9. The molecule has 1 N–H and O–H groups in total. The molecule has 0 bridgehead atoms. The van der Waals surface area contributed by atoms with Crippen molar-refractivity contribution in [3.05, 3.63) is 0 Å². The Labute approximate surface area is 118 Å². The highest BCUT2D eigenvalue weighted by Crippen LogP contribution is 2.36. The molecule has 112 valence electrons. The number of hydrogen-bond donors (Lipinski definition) is 1. The Hall–Kier alpha value is -0.570. The van der Waals surface area contributed by atoms with Crippen molar-refractivity contribution in [3.8, 4) is 0 Å². The van der Waals surface area contributed by atoms with E-state index in [1.54, 1.807) is 0 Å². The van der Waals surface area contributed by atoms with Gasteiger partial charge in [0.15, 0.2) is 0 Å². The van der Waals surface area contributed by atoms with Crippen molar-refractivity contribution in [3.63, 3.8) is 0 Å². The molecule has 0 saturated carbocycles. The lowest BCUT2D eigenvalue weighted by Gasteiger charge is -2.41. The predicted octanol–water partition coefficient (Wildman–Crippen LogP) is 3.78. The number of piperidine rings is 1. The van der Waals surface area contributed by atoms with Gasteiger partial charge in [-0.1, -0.05) is 27.7 Å². The van der Waals surface area contributed by atoms with Gasteiger partial charge < -0.3 is 10.0 Å². The second kappa shape index (κ2) is 6.25. The third-order valence-corrected chi connectivity index (χ3v) is 4.82. The minimum absolute atomic E-state index is 0.387. The van der Waals surface area contributed by atoms with Gasteiger partial charge in [0.05, 0.1) is 5.41 Å². The van der Waals surface area contributed by atoms with Crippen LogP contribution in [0, 0.1) is 10.8 Å². The van der Waals surface area contributed by atoms with Crippen LogP contribution in [0.1, 0.15) is 66.7 Å². The molecular formula is C16H31NO2. The van der Waals surface area contributed by atoms with Crippen molar-refractivity contribution >= 4 is 5.97 Å². The van der Waals surface area contributed by atoms with E-state index in [9.17, 15) is 9.90 Å². The van der Waals surface area contributed by atoms with Crippen LogP contribution in [0.5, 0.6) is 0 Å². The predicted molar refractivity (Wildman–Crippen MR) is 79.3 cm³/mol. The molecule has 3 nitrogen and oxygen atoms in total. The Bertz CT molecular complexity index is 298. The van der Waals surface area contributed by atoms with E-state index in [1.165, 1.54) is 12.8 Å². The Morgan fingerprint density at radius 3 is 2.21 bits per heavy atom. The largest absolute Gasteiger partial charge is 0.481 e. The molecule has 3 heteroatoms. The molecule has 1 unspecified atom stereocenters. The fourth-order valence-corrected chi connectivity index (χ4v) is 2.94. The first-order chi connectivity index (χ1) is 8.70. The molecule has 0 amide bonds. The Morgan fingerprint density at radius 2 is 1.84 bits per heavy atom. The minimum Gasteiger partial charge on any atom is -0.481 e. The van der Waals surface area contributed by atoms with E-state index in [1.807, 2.05) is 6.92 Å². The Balaban J connectivity index is 2.47. The lowest BCUT2D eigenvalue weighted by Crippen LogP contribution is -2.47. The molecule has 1 heterocycles. The van der Waals surface area contributed by atoms with Crippen molar-refractivity contribution in [1.29, 1.82) is 0 Å². The monoisotopic (exact) mass is 269 g/mol. The van der Waals surface area contributed by atoms with E-state index < -0.39 is 11.4 Å². The number of aliphatic carboxylic acids is 1. The van der Waals surface area contributed by atoms with Gasteiger partial charge in [0.2, 0.25) is 0 Å². The van der Waals surface area contributed by atoms with Crippen molar-refractivity contribution in [2.75, 3.05) is 13.1 Å². The van der Waals surface area contributed by atoms with E-state index in [4.69, 9.17) is 0 Å². The molecule has 0 aliphatic carbocycles. The molecule has 1 rings (SSSR count). The van der Waals surface area contributed by atoms with Crippen LogP contribution in [0.3, 0.4) is 0 Å². The number of nitrogens with zero attached hydrogens (tertiary/aromatic N) is 1. The molecular weight excluding hydrogens is 238 g/mol. The SMILES string of the molecule is CCC1(C(=O)O)CCN(C(C)CCC(C)(C)C)CC1. The first-order valence-electron chi connectivity index (χ1n) is 7.68. The maximum atomic E-state index is 11.4. The number of rotatable bonds is 5. The highest BCUT2D eigenvalue weighted by molar-refractivity contribution is 5.74. The summed E-state index contributed by atoms with van der Waals surface area (Å²) in [5, 5.41) is 9.41. The van der Waals surface area contributed by atoms with Crippen molar-refractivity contribution in [2.45, 2.75) is 72.8 Å². The van der Waals surface area contributed by atoms with Crippen LogP contribution < -0.4 is 0 Å². The van der Waals surface area contributed by atoms with E-state index >= 15 is 0 Å². The van der Waals surface area contributed by atoms with E-state index in [0.29, 0.717) is 11.5 Å². The van der Waals surface area contributed by atoms with Gasteiger partial charge in [-0.25, -0.2) is 0 Å². The molecule has 0 aromatic rings. The van der Waals surface area contributed by atoms with Gasteiger partial charge in [-0.05, 0) is 57.5 Å². The highest BCUT2D eigenvalue weighted by Gasteiger charge is 2.40. The quantitative estimate of drug-likeness (QED) is 0.825. The number of carboxylic acids is 1. The smallest absolute Gasteiger partial charge is 0.309 e. The summed E-state index contributed by atoms with van der Waals surface area (Å²) in [5.41, 5.74) is -0.0709. The van der Waals surface area contributed by atoms with Gasteiger partial charge in [-0.3, -0.25) is 4.79 Å². The van der Waals surface area contributed by atoms with Crippen LogP contribution in [-0.2, 0) is 4.79 Å². The molecule has 1 aliphatic heterocycles. The minimum atomic E-state index is -0.600. The lowest BCUT2D eigenvalue weighted by molar-refractivity contribution is -0.152. The molecule has 1 fully saturated rings. The summed E-state index contributed by atoms with van der Waals surface area (Å²) in [6.07, 6.45) is 4.79. The van der Waals surface area contributed by atoms with Crippen LogP contribution in [0.2, 0.25) is 0 Å². The zero-order valence-corrected chi connectivity index (χ0v) is 13.3. The van der Waals surface area contributed by atoms with Crippen molar-refractivity contribution in [1.82, 2.24) is 4.90 Å². The first kappa shape index (κ1) is 16.5. The van der Waals surface area contributed by atoms with Crippen LogP contribution >= 0.6 is 0 Å². The molecule has 0 spiro atoms. The van der Waals surface area contributed by atoms with Gasteiger partial charge in [0.1, 0.15) is 0 Å². The van der Waals surface area contributed by atoms with Crippen LogP contribution in [0.4, 0.5) is 0 Å². The maximum Gasteiger partial charge on any atom is 0.309 e. The summed E-state index contributed by atoms with van der Waals surface area (Å²) >= 11 is 0. The zero-order chi connectivity index (χ0) is 14.7. The summed E-state index contributed by atoms with van der Waals surface area (Å²) in [5.74, 6) is -0.600. The Morgan fingerprint density at radius 1 is 1.32 bits per heavy atom. The molecule has 0 aromatic carbocycles. The van der Waals surface area contributed by atoms with Gasteiger partial charge in [-0.15, -0.1) is 0 Å². The van der Waals surface area contributed by atoms with Crippen LogP contribution in [-0.4, -0.2) is 35.1 Å². The van der Waals surface area contributed by atoms with Crippen LogP contribution in [0.25, 0.3) is 0 Å². The zero-order valence-electron chi connectivity index (χ0n) is 13.3. The van der Waals surface area contributed by atoms with Gasteiger partial charge in [-0.2, -0.15) is 0 Å². The number of hydrogen-bond acceptors (Lipinski definition) is 2. The topological polar surface area (TPSA) is 40.5 Å². The molecule has 19 heavy (non-hydrogen) atoms. The summed E-state index contributed by atoms with van der Waals surface area (Å²) in [6.45, 7) is 13.0. The summed E-state index contributed by atoms with van der Waals surface area (Å²) in [7, 11) is 0. The first-order valence-corrected chi connectivity index (χ1v) is 7.68. The van der Waals surface area contributed by atoms with Gasteiger partial charge in [0, 0.05) is 6.04 Å². The Kier molecular flexibility index (Phi) is 5.43. The highest BCUT2D eigenvalue weighted by atomic mass is 16.4. The number of carboxylic acid groups (broad SMARTS) is 1. The fraction of sp³-hybridized carbons (Fsp3) is 0.938. The number of likely N-dealkylation sites (tertiary alicyclic amines) is 1. The summed E-state index contributed by atoms with van der Waals surface area (Å²) < 4.78 is 0. The molecule has 0 radical (unpaired) electrons.